The van der Waals surface area contributed by atoms with E-state index in [2.05, 4.69) is 46.4 Å². The Balaban J connectivity index is 1.42. The Morgan fingerprint density at radius 3 is 2.60 bits per heavy atom. The van der Waals surface area contributed by atoms with Gasteiger partial charge in [-0.3, -0.25) is 4.79 Å². The molecule has 2 N–H and O–H groups in total. The van der Waals surface area contributed by atoms with Gasteiger partial charge in [-0.1, -0.05) is 36.4 Å². The number of rotatable bonds is 10. The summed E-state index contributed by atoms with van der Waals surface area (Å²) < 4.78 is 5.36. The lowest BCUT2D eigenvalue weighted by atomic mass is 10.0. The molecule has 1 aliphatic heterocycles. The van der Waals surface area contributed by atoms with Crippen LogP contribution in [0.15, 0.2) is 61.2 Å². The van der Waals surface area contributed by atoms with E-state index in [0.29, 0.717) is 19.0 Å². The highest BCUT2D eigenvalue weighted by Crippen LogP contribution is 2.21. The van der Waals surface area contributed by atoms with Gasteiger partial charge in [0.2, 0.25) is 5.91 Å². The summed E-state index contributed by atoms with van der Waals surface area (Å²) in [7, 11) is 1.67. The first-order chi connectivity index (χ1) is 14.7. The van der Waals surface area contributed by atoms with E-state index in [0.717, 1.165) is 55.8 Å². The standard InChI is InChI=1S/C25H33N3O2/c1-3-15-26-22-13-17-28(18-14-22)23-10-8-20(9-11-23)19-25(29)27-16-12-21-6-4-5-7-24(21)30-2/h3-11,22,26H,1,12-19H2,2H3,(H,27,29). The molecule has 1 amide bonds. The van der Waals surface area contributed by atoms with Gasteiger partial charge in [-0.2, -0.15) is 0 Å². The van der Waals surface area contributed by atoms with Crippen molar-refractivity contribution in [1.82, 2.24) is 10.6 Å². The first-order valence-electron chi connectivity index (χ1n) is 10.8. The number of piperidine rings is 1. The molecule has 0 saturated carbocycles. The van der Waals surface area contributed by atoms with Crippen molar-refractivity contribution in [3.05, 3.63) is 72.3 Å². The Labute approximate surface area is 180 Å². The number of anilines is 1. The SMILES string of the molecule is C=CCNC1CCN(c2ccc(CC(=O)NCCc3ccccc3OC)cc2)CC1. The van der Waals surface area contributed by atoms with E-state index in [1.807, 2.05) is 30.3 Å². The summed E-state index contributed by atoms with van der Waals surface area (Å²) in [6, 6.07) is 16.9. The van der Waals surface area contributed by atoms with Crippen molar-refractivity contribution in [2.75, 3.05) is 38.2 Å². The third-order valence-corrected chi connectivity index (χ3v) is 5.62. The molecule has 0 spiro atoms. The first kappa shape index (κ1) is 21.9. The topological polar surface area (TPSA) is 53.6 Å². The summed E-state index contributed by atoms with van der Waals surface area (Å²) in [6.07, 6.45) is 5.36. The Bertz CT molecular complexity index is 811. The Morgan fingerprint density at radius 2 is 1.90 bits per heavy atom. The van der Waals surface area contributed by atoms with Gasteiger partial charge < -0.3 is 20.3 Å². The molecule has 160 valence electrons. The highest BCUT2D eigenvalue weighted by Gasteiger charge is 2.18. The number of nitrogens with zero attached hydrogens (tertiary/aromatic N) is 1. The monoisotopic (exact) mass is 407 g/mol. The number of para-hydroxylation sites is 1. The number of benzene rings is 2. The number of ether oxygens (including phenoxy) is 1. The lowest BCUT2D eigenvalue weighted by molar-refractivity contribution is -0.120. The van der Waals surface area contributed by atoms with E-state index >= 15 is 0 Å². The van der Waals surface area contributed by atoms with Gasteiger partial charge in [-0.15, -0.1) is 6.58 Å². The summed E-state index contributed by atoms with van der Waals surface area (Å²) in [4.78, 5) is 14.7. The zero-order valence-electron chi connectivity index (χ0n) is 17.9. The number of carbonyl (C=O) groups excluding carboxylic acids is 1. The second-order valence-corrected chi connectivity index (χ2v) is 7.71. The van der Waals surface area contributed by atoms with Crippen molar-refractivity contribution in [2.24, 2.45) is 0 Å². The van der Waals surface area contributed by atoms with E-state index in [9.17, 15) is 4.79 Å². The minimum absolute atomic E-state index is 0.0479. The van der Waals surface area contributed by atoms with Crippen LogP contribution < -0.4 is 20.3 Å². The molecular formula is C25H33N3O2. The predicted octanol–water partition coefficient (Wildman–Crippen LogP) is 3.34. The maximum absolute atomic E-state index is 12.3. The van der Waals surface area contributed by atoms with Gasteiger partial charge in [0.05, 0.1) is 13.5 Å². The van der Waals surface area contributed by atoms with Crippen LogP contribution in [0.3, 0.4) is 0 Å². The molecule has 1 aliphatic rings. The molecule has 1 heterocycles. The van der Waals surface area contributed by atoms with Crippen molar-refractivity contribution in [3.8, 4) is 5.75 Å². The molecule has 0 aromatic heterocycles. The van der Waals surface area contributed by atoms with Gasteiger partial charge in [0.15, 0.2) is 0 Å². The lowest BCUT2D eigenvalue weighted by Gasteiger charge is -2.34. The highest BCUT2D eigenvalue weighted by molar-refractivity contribution is 5.78. The number of hydrogen-bond acceptors (Lipinski definition) is 4. The molecule has 0 bridgehead atoms. The molecule has 1 saturated heterocycles. The maximum Gasteiger partial charge on any atom is 0.224 e. The van der Waals surface area contributed by atoms with Crippen LogP contribution in [0.1, 0.15) is 24.0 Å². The summed E-state index contributed by atoms with van der Waals surface area (Å²) in [6.45, 7) is 7.35. The van der Waals surface area contributed by atoms with Crippen LogP contribution in [0.5, 0.6) is 5.75 Å². The van der Waals surface area contributed by atoms with Gasteiger partial charge >= 0.3 is 0 Å². The molecule has 2 aromatic carbocycles. The van der Waals surface area contributed by atoms with Crippen molar-refractivity contribution in [1.29, 1.82) is 0 Å². The third kappa shape index (κ3) is 6.36. The molecule has 0 aliphatic carbocycles. The van der Waals surface area contributed by atoms with Gasteiger partial charge in [0.25, 0.3) is 0 Å². The quantitative estimate of drug-likeness (QED) is 0.593. The molecule has 5 heteroatoms. The lowest BCUT2D eigenvalue weighted by Crippen LogP contribution is -2.42. The van der Waals surface area contributed by atoms with Crippen LogP contribution in [0, 0.1) is 0 Å². The number of amides is 1. The summed E-state index contributed by atoms with van der Waals surface area (Å²) in [5, 5.41) is 6.52. The largest absolute Gasteiger partial charge is 0.496 e. The molecule has 1 fully saturated rings. The van der Waals surface area contributed by atoms with Crippen molar-refractivity contribution in [3.63, 3.8) is 0 Å². The van der Waals surface area contributed by atoms with Gasteiger partial charge in [0.1, 0.15) is 5.75 Å². The maximum atomic E-state index is 12.3. The van der Waals surface area contributed by atoms with Crippen molar-refractivity contribution < 1.29 is 9.53 Å². The average Bonchev–Trinajstić information content (AvgIpc) is 2.79. The third-order valence-electron chi connectivity index (χ3n) is 5.62. The number of hydrogen-bond donors (Lipinski definition) is 2. The smallest absolute Gasteiger partial charge is 0.224 e. The van der Waals surface area contributed by atoms with E-state index in [-0.39, 0.29) is 5.91 Å². The second-order valence-electron chi connectivity index (χ2n) is 7.71. The summed E-state index contributed by atoms with van der Waals surface area (Å²) >= 11 is 0. The van der Waals surface area contributed by atoms with Crippen LogP contribution in [0.4, 0.5) is 5.69 Å². The Morgan fingerprint density at radius 1 is 1.17 bits per heavy atom. The molecule has 0 atom stereocenters. The van der Waals surface area contributed by atoms with Crippen LogP contribution in [0.25, 0.3) is 0 Å². The Kier molecular flexibility index (Phi) is 8.33. The first-order valence-corrected chi connectivity index (χ1v) is 10.8. The van der Waals surface area contributed by atoms with Crippen LogP contribution in [-0.2, 0) is 17.6 Å². The molecule has 0 radical (unpaired) electrons. The summed E-state index contributed by atoms with van der Waals surface area (Å²) in [5.41, 5.74) is 3.38. The number of carbonyl (C=O) groups is 1. The van der Waals surface area contributed by atoms with E-state index < -0.39 is 0 Å². The fraction of sp³-hybridized carbons (Fsp3) is 0.400. The molecular weight excluding hydrogens is 374 g/mol. The zero-order chi connectivity index (χ0) is 21.2. The van der Waals surface area contributed by atoms with Gasteiger partial charge in [-0.05, 0) is 48.6 Å². The normalized spacial score (nSPS) is 14.4. The molecule has 0 unspecified atom stereocenters. The number of methoxy groups -OCH3 is 1. The summed E-state index contributed by atoms with van der Waals surface area (Å²) in [5.74, 6) is 0.912. The zero-order valence-corrected chi connectivity index (χ0v) is 17.9. The second kappa shape index (κ2) is 11.4. The van der Waals surface area contributed by atoms with E-state index in [4.69, 9.17) is 4.74 Å². The van der Waals surface area contributed by atoms with Crippen LogP contribution in [0.2, 0.25) is 0 Å². The molecule has 2 aromatic rings. The van der Waals surface area contributed by atoms with Crippen molar-refractivity contribution in [2.45, 2.75) is 31.7 Å². The average molecular weight is 408 g/mol. The highest BCUT2D eigenvalue weighted by atomic mass is 16.5. The Hall–Kier alpha value is -2.79. The fourth-order valence-electron chi connectivity index (χ4n) is 3.91. The minimum atomic E-state index is 0.0479. The predicted molar refractivity (Wildman–Crippen MR) is 123 cm³/mol. The number of nitrogens with one attached hydrogen (secondary N) is 2. The van der Waals surface area contributed by atoms with Gasteiger partial charge in [0, 0.05) is 37.9 Å². The minimum Gasteiger partial charge on any atom is -0.496 e. The molecule has 30 heavy (non-hydrogen) atoms. The van der Waals surface area contributed by atoms with Crippen LogP contribution in [-0.4, -0.2) is 45.2 Å². The van der Waals surface area contributed by atoms with E-state index in [1.54, 1.807) is 7.11 Å². The van der Waals surface area contributed by atoms with E-state index in [1.165, 1.54) is 5.69 Å². The van der Waals surface area contributed by atoms with Crippen LogP contribution >= 0.6 is 0 Å². The van der Waals surface area contributed by atoms with Gasteiger partial charge in [-0.25, -0.2) is 0 Å². The fourth-order valence-corrected chi connectivity index (χ4v) is 3.91. The molecule has 5 nitrogen and oxygen atoms in total. The molecule has 3 rings (SSSR count). The van der Waals surface area contributed by atoms with Crippen molar-refractivity contribution >= 4 is 11.6 Å².